The van der Waals surface area contributed by atoms with Crippen LogP contribution in [0.15, 0.2) is 53.4 Å². The third kappa shape index (κ3) is 5.35. The van der Waals surface area contributed by atoms with Crippen molar-refractivity contribution in [3.63, 3.8) is 0 Å². The van der Waals surface area contributed by atoms with Crippen LogP contribution in [0.2, 0.25) is 5.02 Å². The van der Waals surface area contributed by atoms with E-state index in [9.17, 15) is 17.6 Å². The van der Waals surface area contributed by atoms with Crippen LogP contribution in [-0.2, 0) is 20.2 Å². The minimum atomic E-state index is -3.77. The molecule has 0 radical (unpaired) electrons. The first-order chi connectivity index (χ1) is 13.8. The van der Waals surface area contributed by atoms with Gasteiger partial charge in [0.2, 0.25) is 15.9 Å². The van der Waals surface area contributed by atoms with Crippen LogP contribution in [0.5, 0.6) is 0 Å². The Bertz CT molecular complexity index is 958. The Morgan fingerprint density at radius 2 is 1.72 bits per heavy atom. The lowest BCUT2D eigenvalue weighted by molar-refractivity contribution is -0.121. The van der Waals surface area contributed by atoms with Gasteiger partial charge in [0, 0.05) is 24.9 Å². The largest absolute Gasteiger partial charge is 0.355 e. The molecule has 2 aromatic carbocycles. The first-order valence-electron chi connectivity index (χ1n) is 9.59. The Balaban J connectivity index is 1.54. The van der Waals surface area contributed by atoms with E-state index in [1.165, 1.54) is 24.3 Å². The van der Waals surface area contributed by atoms with Crippen molar-refractivity contribution in [2.24, 2.45) is 0 Å². The molecule has 0 bridgehead atoms. The van der Waals surface area contributed by atoms with Crippen molar-refractivity contribution in [1.82, 2.24) is 10.0 Å². The quantitative estimate of drug-likeness (QED) is 0.658. The van der Waals surface area contributed by atoms with E-state index >= 15 is 0 Å². The third-order valence-electron chi connectivity index (χ3n) is 5.41. The molecule has 0 aliphatic heterocycles. The van der Waals surface area contributed by atoms with Gasteiger partial charge in [-0.15, -0.1) is 0 Å². The first kappa shape index (κ1) is 21.7. The summed E-state index contributed by atoms with van der Waals surface area (Å²) in [5.74, 6) is -0.517. The van der Waals surface area contributed by atoms with Gasteiger partial charge in [-0.3, -0.25) is 4.79 Å². The number of carbonyl (C=O) groups excluding carboxylic acids is 1. The summed E-state index contributed by atoms with van der Waals surface area (Å²) in [5.41, 5.74) is 0.830. The summed E-state index contributed by atoms with van der Waals surface area (Å²) in [6.07, 6.45) is 4.00. The summed E-state index contributed by atoms with van der Waals surface area (Å²) < 4.78 is 40.3. The highest BCUT2D eigenvalue weighted by molar-refractivity contribution is 7.89. The van der Waals surface area contributed by atoms with Gasteiger partial charge in [0.05, 0.1) is 5.02 Å². The average Bonchev–Trinajstić information content (AvgIpc) is 3.17. The molecule has 1 aliphatic rings. The second-order valence-corrected chi connectivity index (χ2v) is 9.49. The van der Waals surface area contributed by atoms with E-state index in [-0.39, 0.29) is 40.0 Å². The standard InChI is InChI=1S/C21H24ClFN2O3S/c22-18-5-1-2-6-19(18)29(27,28)25-14-11-20(26)24-15-21(12-3-4-13-21)16-7-9-17(23)10-8-16/h1-2,5-10,25H,3-4,11-15H2,(H,24,26). The van der Waals surface area contributed by atoms with Crippen LogP contribution in [-0.4, -0.2) is 27.4 Å². The molecule has 2 N–H and O–H groups in total. The van der Waals surface area contributed by atoms with Gasteiger partial charge in [-0.2, -0.15) is 0 Å². The van der Waals surface area contributed by atoms with Crippen molar-refractivity contribution in [2.75, 3.05) is 13.1 Å². The molecule has 0 spiro atoms. The summed E-state index contributed by atoms with van der Waals surface area (Å²) in [6.45, 7) is 0.428. The van der Waals surface area contributed by atoms with Crippen molar-refractivity contribution in [1.29, 1.82) is 0 Å². The number of hydrogen-bond acceptors (Lipinski definition) is 3. The zero-order valence-corrected chi connectivity index (χ0v) is 17.5. The molecule has 2 aromatic rings. The normalized spacial score (nSPS) is 15.9. The fraction of sp³-hybridized carbons (Fsp3) is 0.381. The molecule has 156 valence electrons. The maximum absolute atomic E-state index is 13.3. The van der Waals surface area contributed by atoms with Crippen LogP contribution in [0.4, 0.5) is 4.39 Å². The molecule has 1 amide bonds. The molecule has 0 aromatic heterocycles. The third-order valence-corrected chi connectivity index (χ3v) is 7.37. The summed E-state index contributed by atoms with van der Waals surface area (Å²) in [6, 6.07) is 12.6. The second kappa shape index (κ2) is 9.24. The summed E-state index contributed by atoms with van der Waals surface area (Å²) in [5, 5.41) is 3.05. The lowest BCUT2D eigenvalue weighted by Crippen LogP contribution is -2.40. The predicted octanol–water partition coefficient (Wildman–Crippen LogP) is 3.78. The Labute approximate surface area is 175 Å². The van der Waals surface area contributed by atoms with E-state index in [1.807, 2.05) is 0 Å². The zero-order chi connectivity index (χ0) is 20.9. The number of amides is 1. The number of sulfonamides is 1. The SMILES string of the molecule is O=C(CCNS(=O)(=O)c1ccccc1Cl)NCC1(c2ccc(F)cc2)CCCC1. The van der Waals surface area contributed by atoms with E-state index in [0.717, 1.165) is 31.2 Å². The van der Waals surface area contributed by atoms with Crippen molar-refractivity contribution in [3.05, 3.63) is 64.9 Å². The minimum Gasteiger partial charge on any atom is -0.355 e. The number of halogens is 2. The van der Waals surface area contributed by atoms with Crippen LogP contribution in [0.3, 0.4) is 0 Å². The highest BCUT2D eigenvalue weighted by Gasteiger charge is 2.35. The van der Waals surface area contributed by atoms with Gasteiger partial charge >= 0.3 is 0 Å². The Morgan fingerprint density at radius 1 is 1.07 bits per heavy atom. The van der Waals surface area contributed by atoms with Crippen molar-refractivity contribution in [2.45, 2.75) is 42.4 Å². The zero-order valence-electron chi connectivity index (χ0n) is 16.0. The summed E-state index contributed by atoms with van der Waals surface area (Å²) in [4.78, 5) is 12.3. The van der Waals surface area contributed by atoms with Gasteiger partial charge < -0.3 is 5.32 Å². The number of rotatable bonds is 8. The molecule has 0 unspecified atom stereocenters. The van der Waals surface area contributed by atoms with Gasteiger partial charge in [0.25, 0.3) is 0 Å². The average molecular weight is 439 g/mol. The Hall–Kier alpha value is -1.96. The van der Waals surface area contributed by atoms with Gasteiger partial charge in [-0.1, -0.05) is 48.7 Å². The van der Waals surface area contributed by atoms with Crippen molar-refractivity contribution >= 4 is 27.5 Å². The highest BCUT2D eigenvalue weighted by Crippen LogP contribution is 2.40. The molecule has 0 saturated heterocycles. The van der Waals surface area contributed by atoms with Crippen LogP contribution >= 0.6 is 11.6 Å². The second-order valence-electron chi connectivity index (χ2n) is 7.35. The van der Waals surface area contributed by atoms with Gasteiger partial charge in [-0.05, 0) is 42.7 Å². The minimum absolute atomic E-state index is 0.0108. The van der Waals surface area contributed by atoms with Gasteiger partial charge in [-0.25, -0.2) is 17.5 Å². The molecular formula is C21H24ClFN2O3S. The monoisotopic (exact) mass is 438 g/mol. The molecule has 1 saturated carbocycles. The van der Waals surface area contributed by atoms with Crippen molar-refractivity contribution < 1.29 is 17.6 Å². The number of benzene rings is 2. The number of nitrogens with one attached hydrogen (secondary N) is 2. The molecule has 1 aliphatic carbocycles. The fourth-order valence-corrected chi connectivity index (χ4v) is 5.37. The maximum atomic E-state index is 13.3. The fourth-order valence-electron chi connectivity index (χ4n) is 3.82. The summed E-state index contributed by atoms with van der Waals surface area (Å²) in [7, 11) is -3.77. The van der Waals surface area contributed by atoms with Crippen LogP contribution in [0, 0.1) is 5.82 Å². The highest BCUT2D eigenvalue weighted by atomic mass is 35.5. The van der Waals surface area contributed by atoms with E-state index < -0.39 is 10.0 Å². The molecule has 29 heavy (non-hydrogen) atoms. The van der Waals surface area contributed by atoms with Gasteiger partial charge in [0.15, 0.2) is 0 Å². The number of carbonyl (C=O) groups is 1. The van der Waals surface area contributed by atoms with Crippen LogP contribution in [0.1, 0.15) is 37.7 Å². The summed E-state index contributed by atoms with van der Waals surface area (Å²) >= 11 is 5.93. The van der Waals surface area contributed by atoms with Crippen molar-refractivity contribution in [3.8, 4) is 0 Å². The van der Waals surface area contributed by atoms with E-state index in [1.54, 1.807) is 24.3 Å². The van der Waals surface area contributed by atoms with Crippen LogP contribution < -0.4 is 10.0 Å². The molecule has 5 nitrogen and oxygen atoms in total. The van der Waals surface area contributed by atoms with E-state index in [0.29, 0.717) is 6.54 Å². The van der Waals surface area contributed by atoms with E-state index in [2.05, 4.69) is 10.0 Å². The van der Waals surface area contributed by atoms with E-state index in [4.69, 9.17) is 11.6 Å². The first-order valence-corrected chi connectivity index (χ1v) is 11.5. The number of hydrogen-bond donors (Lipinski definition) is 2. The Morgan fingerprint density at radius 3 is 2.38 bits per heavy atom. The molecule has 0 heterocycles. The lowest BCUT2D eigenvalue weighted by atomic mass is 9.79. The topological polar surface area (TPSA) is 75.3 Å². The molecule has 3 rings (SSSR count). The van der Waals surface area contributed by atoms with Crippen LogP contribution in [0.25, 0.3) is 0 Å². The molecule has 0 atom stereocenters. The molecular weight excluding hydrogens is 415 g/mol. The smallest absolute Gasteiger partial charge is 0.242 e. The Kier molecular flexibility index (Phi) is 6.93. The maximum Gasteiger partial charge on any atom is 0.242 e. The molecule has 8 heteroatoms. The van der Waals surface area contributed by atoms with Gasteiger partial charge in [0.1, 0.15) is 10.7 Å². The lowest BCUT2D eigenvalue weighted by Gasteiger charge is -2.30. The molecule has 1 fully saturated rings. The predicted molar refractivity (Wildman–Crippen MR) is 111 cm³/mol.